The van der Waals surface area contributed by atoms with Crippen LogP contribution in [0.3, 0.4) is 0 Å². The molecule has 2 unspecified atom stereocenters. The minimum Gasteiger partial charge on any atom is -0.481 e. The normalized spacial score (nSPS) is 22.1. The smallest absolute Gasteiger partial charge is 0.326 e. The number of carboxylic acids is 1. The quantitative estimate of drug-likeness (QED) is 0.560. The van der Waals surface area contributed by atoms with Crippen LogP contribution in [-0.4, -0.2) is 33.0 Å². The molecule has 1 aromatic heterocycles. The molecule has 1 aliphatic carbocycles. The Labute approximate surface area is 106 Å². The summed E-state index contributed by atoms with van der Waals surface area (Å²) in [6.45, 7) is 0. The van der Waals surface area contributed by atoms with Gasteiger partial charge in [0, 0.05) is 12.1 Å². The van der Waals surface area contributed by atoms with Crippen molar-refractivity contribution in [2.75, 3.05) is 0 Å². The van der Waals surface area contributed by atoms with Crippen LogP contribution in [0.25, 0.3) is 0 Å². The van der Waals surface area contributed by atoms with Crippen molar-refractivity contribution >= 4 is 11.9 Å². The number of hydrogen-bond acceptors (Lipinski definition) is 4. The van der Waals surface area contributed by atoms with Crippen LogP contribution in [0.1, 0.15) is 29.8 Å². The Morgan fingerprint density at radius 2 is 2.00 bits per heavy atom. The van der Waals surface area contributed by atoms with Crippen molar-refractivity contribution in [2.45, 2.75) is 25.3 Å². The second-order valence-corrected chi connectivity index (χ2v) is 4.52. The van der Waals surface area contributed by atoms with Gasteiger partial charge in [-0.3, -0.25) is 19.4 Å². The first kappa shape index (κ1) is 13.1. The molecule has 2 atom stereocenters. The average Bonchev–Trinajstić information content (AvgIpc) is 2.76. The van der Waals surface area contributed by atoms with E-state index < -0.39 is 29.0 Å². The Bertz CT molecular complexity index is 589. The highest BCUT2D eigenvalue weighted by atomic mass is 16.4. The van der Waals surface area contributed by atoms with Gasteiger partial charge in [-0.25, -0.2) is 4.79 Å². The molecule has 1 amide bonds. The summed E-state index contributed by atoms with van der Waals surface area (Å²) < 4.78 is 0. The van der Waals surface area contributed by atoms with Gasteiger partial charge in [0.15, 0.2) is 0 Å². The predicted octanol–water partition coefficient (Wildman–Crippen LogP) is -0.954. The number of aromatic amines is 2. The highest BCUT2D eigenvalue weighted by molar-refractivity contribution is 5.92. The van der Waals surface area contributed by atoms with E-state index in [0.717, 1.165) is 6.07 Å². The van der Waals surface area contributed by atoms with E-state index in [-0.39, 0.29) is 11.7 Å². The Hall–Kier alpha value is -2.38. The van der Waals surface area contributed by atoms with E-state index in [4.69, 9.17) is 5.11 Å². The number of aliphatic carboxylic acids is 1. The molecule has 0 bridgehead atoms. The van der Waals surface area contributed by atoms with Crippen molar-refractivity contribution in [3.63, 3.8) is 0 Å². The molecule has 0 aliphatic heterocycles. The molecule has 8 nitrogen and oxygen atoms in total. The fourth-order valence-electron chi connectivity index (χ4n) is 2.19. The van der Waals surface area contributed by atoms with E-state index in [2.05, 4.69) is 10.3 Å². The van der Waals surface area contributed by atoms with Crippen molar-refractivity contribution < 1.29 is 14.7 Å². The van der Waals surface area contributed by atoms with Crippen molar-refractivity contribution in [1.29, 1.82) is 0 Å². The van der Waals surface area contributed by atoms with Gasteiger partial charge in [-0.15, -0.1) is 0 Å². The molecule has 1 aliphatic rings. The molecule has 1 aromatic rings. The van der Waals surface area contributed by atoms with Crippen LogP contribution in [0.5, 0.6) is 0 Å². The highest BCUT2D eigenvalue weighted by Gasteiger charge is 2.30. The number of nitrogens with one attached hydrogen (secondary N) is 3. The molecule has 0 radical (unpaired) electrons. The van der Waals surface area contributed by atoms with Crippen molar-refractivity contribution in [3.05, 3.63) is 32.6 Å². The molecular weight excluding hydrogens is 254 g/mol. The molecule has 1 heterocycles. The monoisotopic (exact) mass is 267 g/mol. The first-order valence-corrected chi connectivity index (χ1v) is 5.83. The molecule has 4 N–H and O–H groups in total. The zero-order valence-electron chi connectivity index (χ0n) is 9.93. The summed E-state index contributed by atoms with van der Waals surface area (Å²) in [5.74, 6) is -1.91. The maximum Gasteiger partial charge on any atom is 0.326 e. The first-order chi connectivity index (χ1) is 8.95. The summed E-state index contributed by atoms with van der Waals surface area (Å²) in [7, 11) is 0. The SMILES string of the molecule is O=C(NC1CCC(C(=O)O)C1)c1cc(=O)[nH]c(=O)[nH]1. The minimum atomic E-state index is -0.874. The summed E-state index contributed by atoms with van der Waals surface area (Å²) >= 11 is 0. The lowest BCUT2D eigenvalue weighted by molar-refractivity contribution is -0.141. The third-order valence-corrected chi connectivity index (χ3v) is 3.12. The molecule has 1 saturated carbocycles. The van der Waals surface area contributed by atoms with Crippen LogP contribution in [0.2, 0.25) is 0 Å². The van der Waals surface area contributed by atoms with E-state index in [0.29, 0.717) is 19.3 Å². The van der Waals surface area contributed by atoms with E-state index in [9.17, 15) is 19.2 Å². The van der Waals surface area contributed by atoms with Crippen molar-refractivity contribution in [1.82, 2.24) is 15.3 Å². The zero-order valence-corrected chi connectivity index (χ0v) is 9.93. The molecule has 19 heavy (non-hydrogen) atoms. The third-order valence-electron chi connectivity index (χ3n) is 3.12. The van der Waals surface area contributed by atoms with Crippen molar-refractivity contribution in [3.8, 4) is 0 Å². The number of rotatable bonds is 3. The molecule has 0 spiro atoms. The van der Waals surface area contributed by atoms with Gasteiger partial charge in [-0.05, 0) is 19.3 Å². The summed E-state index contributed by atoms with van der Waals surface area (Å²) in [6, 6.07) is 0.733. The highest BCUT2D eigenvalue weighted by Crippen LogP contribution is 2.25. The lowest BCUT2D eigenvalue weighted by Crippen LogP contribution is -2.36. The Balaban J connectivity index is 2.04. The second-order valence-electron chi connectivity index (χ2n) is 4.52. The molecule has 2 rings (SSSR count). The largest absolute Gasteiger partial charge is 0.481 e. The number of aromatic nitrogens is 2. The standard InChI is InChI=1S/C11H13N3O5/c15-8-4-7(13-11(19)14-8)9(16)12-6-2-1-5(3-6)10(17)18/h4-6H,1-3H2,(H,12,16)(H,17,18)(H2,13,14,15,19). The zero-order chi connectivity index (χ0) is 14.0. The second kappa shape index (κ2) is 5.09. The van der Waals surface area contributed by atoms with Gasteiger partial charge in [0.05, 0.1) is 5.92 Å². The molecule has 0 aromatic carbocycles. The Kier molecular flexibility index (Phi) is 3.50. The van der Waals surface area contributed by atoms with E-state index in [1.807, 2.05) is 4.98 Å². The van der Waals surface area contributed by atoms with Crippen LogP contribution >= 0.6 is 0 Å². The number of carboxylic acid groups (broad SMARTS) is 1. The van der Waals surface area contributed by atoms with E-state index >= 15 is 0 Å². The Morgan fingerprint density at radius 1 is 1.26 bits per heavy atom. The maximum absolute atomic E-state index is 11.8. The molecular formula is C11H13N3O5. The van der Waals surface area contributed by atoms with Gasteiger partial charge in [0.25, 0.3) is 11.5 Å². The van der Waals surface area contributed by atoms with E-state index in [1.165, 1.54) is 0 Å². The first-order valence-electron chi connectivity index (χ1n) is 5.83. The third kappa shape index (κ3) is 3.09. The summed E-state index contributed by atoms with van der Waals surface area (Å²) in [5.41, 5.74) is -1.55. The summed E-state index contributed by atoms with van der Waals surface area (Å²) in [5, 5.41) is 11.5. The average molecular weight is 267 g/mol. The van der Waals surface area contributed by atoms with Crippen LogP contribution in [0.15, 0.2) is 15.7 Å². The summed E-state index contributed by atoms with van der Waals surface area (Å²) in [6.07, 6.45) is 1.43. The topological polar surface area (TPSA) is 132 Å². The van der Waals surface area contributed by atoms with Crippen LogP contribution in [-0.2, 0) is 4.79 Å². The van der Waals surface area contributed by atoms with Crippen LogP contribution in [0, 0.1) is 5.92 Å². The van der Waals surface area contributed by atoms with Gasteiger partial charge in [0.1, 0.15) is 5.69 Å². The molecule has 102 valence electrons. The van der Waals surface area contributed by atoms with Gasteiger partial charge in [-0.1, -0.05) is 0 Å². The number of amides is 1. The van der Waals surface area contributed by atoms with Crippen LogP contribution < -0.4 is 16.6 Å². The fourth-order valence-corrected chi connectivity index (χ4v) is 2.19. The minimum absolute atomic E-state index is 0.132. The van der Waals surface area contributed by atoms with Gasteiger partial charge >= 0.3 is 11.7 Å². The Morgan fingerprint density at radius 3 is 2.58 bits per heavy atom. The fraction of sp³-hybridized carbons (Fsp3) is 0.455. The van der Waals surface area contributed by atoms with Crippen molar-refractivity contribution in [2.24, 2.45) is 5.92 Å². The number of carbonyl (C=O) groups excluding carboxylic acids is 1. The van der Waals surface area contributed by atoms with Gasteiger partial charge < -0.3 is 15.4 Å². The number of carbonyl (C=O) groups is 2. The number of hydrogen-bond donors (Lipinski definition) is 4. The molecule has 8 heteroatoms. The predicted molar refractivity (Wildman–Crippen MR) is 63.9 cm³/mol. The van der Waals surface area contributed by atoms with Crippen LogP contribution in [0.4, 0.5) is 0 Å². The lowest BCUT2D eigenvalue weighted by Gasteiger charge is -2.11. The molecule has 1 fully saturated rings. The maximum atomic E-state index is 11.8. The molecule has 0 saturated heterocycles. The van der Waals surface area contributed by atoms with Gasteiger partial charge in [-0.2, -0.15) is 0 Å². The lowest BCUT2D eigenvalue weighted by atomic mass is 10.1. The number of H-pyrrole nitrogens is 2. The summed E-state index contributed by atoms with van der Waals surface area (Å²) in [4.78, 5) is 48.8. The van der Waals surface area contributed by atoms with Gasteiger partial charge in [0.2, 0.25) is 0 Å². The van der Waals surface area contributed by atoms with E-state index in [1.54, 1.807) is 0 Å².